The molecule has 3 rings (SSSR count). The number of aryl methyl sites for hydroxylation is 1. The third-order valence-electron chi connectivity index (χ3n) is 4.37. The number of fused-ring (bicyclic) bond motifs is 1. The number of piperidine rings is 1. The number of aromatic nitrogens is 3. The molecule has 0 radical (unpaired) electrons. The van der Waals surface area contributed by atoms with Gasteiger partial charge in [0, 0.05) is 43.5 Å². The Morgan fingerprint density at radius 3 is 2.92 bits per heavy atom. The standard InChI is InChI=1S/C16H22N6O2.2ClH/c1-10-13-7-12(8-19-14(13)21-20-10)16(24)22-6-2-3-11(9-22)15(23)18-5-4-17;;/h7-8,11H,2-6,9,17H2,1H3,(H,18,23)(H,19,20,21);2*1H. The van der Waals surface area contributed by atoms with Crippen LogP contribution in [0.25, 0.3) is 11.0 Å². The Morgan fingerprint density at radius 2 is 2.19 bits per heavy atom. The van der Waals surface area contributed by atoms with Crippen LogP contribution in [0, 0.1) is 12.8 Å². The van der Waals surface area contributed by atoms with E-state index in [1.807, 2.05) is 13.0 Å². The lowest BCUT2D eigenvalue weighted by Gasteiger charge is -2.32. The molecule has 144 valence electrons. The smallest absolute Gasteiger partial charge is 0.255 e. The minimum absolute atomic E-state index is 0. The van der Waals surface area contributed by atoms with Crippen molar-refractivity contribution in [1.82, 2.24) is 25.4 Å². The summed E-state index contributed by atoms with van der Waals surface area (Å²) in [6, 6.07) is 1.81. The highest BCUT2D eigenvalue weighted by molar-refractivity contribution is 5.97. The number of nitrogens with zero attached hydrogens (tertiary/aromatic N) is 3. The van der Waals surface area contributed by atoms with Gasteiger partial charge in [0.25, 0.3) is 5.91 Å². The number of aromatic amines is 1. The second kappa shape index (κ2) is 9.70. The Hall–Kier alpha value is -1.90. The molecule has 0 aromatic carbocycles. The summed E-state index contributed by atoms with van der Waals surface area (Å²) < 4.78 is 0. The molecule has 2 aromatic heterocycles. The highest BCUT2D eigenvalue weighted by Gasteiger charge is 2.29. The monoisotopic (exact) mass is 402 g/mol. The van der Waals surface area contributed by atoms with Gasteiger partial charge in [0.1, 0.15) is 0 Å². The Kier molecular flexibility index (Phi) is 8.26. The van der Waals surface area contributed by atoms with Gasteiger partial charge >= 0.3 is 0 Å². The molecule has 1 aliphatic rings. The zero-order valence-corrected chi connectivity index (χ0v) is 16.2. The van der Waals surface area contributed by atoms with Crippen molar-refractivity contribution in [3.63, 3.8) is 0 Å². The number of amides is 2. The van der Waals surface area contributed by atoms with Crippen LogP contribution in [0.2, 0.25) is 0 Å². The number of likely N-dealkylation sites (tertiary alicyclic amines) is 1. The molecule has 3 heterocycles. The van der Waals surface area contributed by atoms with Crippen LogP contribution >= 0.6 is 24.8 Å². The van der Waals surface area contributed by atoms with Gasteiger partial charge in [0.15, 0.2) is 5.65 Å². The van der Waals surface area contributed by atoms with E-state index in [0.29, 0.717) is 37.4 Å². The van der Waals surface area contributed by atoms with Gasteiger partial charge in [0.2, 0.25) is 5.91 Å². The molecule has 4 N–H and O–H groups in total. The lowest BCUT2D eigenvalue weighted by molar-refractivity contribution is -0.126. The van der Waals surface area contributed by atoms with Crippen LogP contribution < -0.4 is 11.1 Å². The van der Waals surface area contributed by atoms with Gasteiger partial charge in [-0.1, -0.05) is 0 Å². The summed E-state index contributed by atoms with van der Waals surface area (Å²) in [6.45, 7) is 3.85. The summed E-state index contributed by atoms with van der Waals surface area (Å²) in [6.07, 6.45) is 3.15. The molecule has 1 atom stereocenters. The van der Waals surface area contributed by atoms with Gasteiger partial charge in [-0.15, -0.1) is 24.8 Å². The van der Waals surface area contributed by atoms with Crippen molar-refractivity contribution in [3.05, 3.63) is 23.5 Å². The predicted octanol–water partition coefficient (Wildman–Crippen LogP) is 1.04. The van der Waals surface area contributed by atoms with Crippen molar-refractivity contribution in [2.75, 3.05) is 26.2 Å². The number of carbonyl (C=O) groups is 2. The second-order valence-corrected chi connectivity index (χ2v) is 6.11. The normalized spacial score (nSPS) is 16.5. The van der Waals surface area contributed by atoms with Crippen LogP contribution in [-0.2, 0) is 4.79 Å². The molecule has 0 aliphatic carbocycles. The van der Waals surface area contributed by atoms with E-state index in [1.165, 1.54) is 0 Å². The van der Waals surface area contributed by atoms with E-state index in [0.717, 1.165) is 23.9 Å². The predicted molar refractivity (Wildman–Crippen MR) is 104 cm³/mol. The van der Waals surface area contributed by atoms with E-state index in [1.54, 1.807) is 11.1 Å². The van der Waals surface area contributed by atoms with Crippen molar-refractivity contribution >= 4 is 47.7 Å². The van der Waals surface area contributed by atoms with Crippen molar-refractivity contribution < 1.29 is 9.59 Å². The Labute approximate surface area is 164 Å². The first-order valence-electron chi connectivity index (χ1n) is 8.18. The lowest BCUT2D eigenvalue weighted by Crippen LogP contribution is -2.46. The molecule has 10 heteroatoms. The first-order valence-corrected chi connectivity index (χ1v) is 8.18. The maximum absolute atomic E-state index is 12.8. The number of nitrogens with one attached hydrogen (secondary N) is 2. The van der Waals surface area contributed by atoms with Gasteiger partial charge in [-0.25, -0.2) is 4.98 Å². The summed E-state index contributed by atoms with van der Waals surface area (Å²) in [5.74, 6) is -0.305. The van der Waals surface area contributed by atoms with Crippen LogP contribution in [0.5, 0.6) is 0 Å². The van der Waals surface area contributed by atoms with Crippen LogP contribution in [0.15, 0.2) is 12.3 Å². The first kappa shape index (κ1) is 22.1. The van der Waals surface area contributed by atoms with E-state index < -0.39 is 0 Å². The zero-order chi connectivity index (χ0) is 17.1. The number of H-pyrrole nitrogens is 1. The van der Waals surface area contributed by atoms with E-state index in [9.17, 15) is 9.59 Å². The molecular weight excluding hydrogens is 379 g/mol. The molecular formula is C16H24Cl2N6O2. The van der Waals surface area contributed by atoms with Crippen LogP contribution in [0.3, 0.4) is 0 Å². The number of hydrogen-bond donors (Lipinski definition) is 3. The van der Waals surface area contributed by atoms with Gasteiger partial charge in [-0.3, -0.25) is 14.7 Å². The van der Waals surface area contributed by atoms with Crippen molar-refractivity contribution in [3.8, 4) is 0 Å². The van der Waals surface area contributed by atoms with Crippen molar-refractivity contribution in [1.29, 1.82) is 0 Å². The summed E-state index contributed by atoms with van der Waals surface area (Å²) in [5, 5.41) is 10.6. The maximum atomic E-state index is 12.8. The van der Waals surface area contributed by atoms with Crippen LogP contribution in [-0.4, -0.2) is 58.1 Å². The quantitative estimate of drug-likeness (QED) is 0.705. The van der Waals surface area contributed by atoms with Crippen LogP contribution in [0.1, 0.15) is 28.9 Å². The number of pyridine rings is 1. The minimum atomic E-state index is -0.179. The molecule has 26 heavy (non-hydrogen) atoms. The highest BCUT2D eigenvalue weighted by Crippen LogP contribution is 2.20. The Bertz CT molecular complexity index is 766. The third-order valence-corrected chi connectivity index (χ3v) is 4.37. The summed E-state index contributed by atoms with van der Waals surface area (Å²) in [5.41, 5.74) is 7.41. The minimum Gasteiger partial charge on any atom is -0.355 e. The lowest BCUT2D eigenvalue weighted by atomic mass is 9.96. The molecule has 2 aromatic rings. The Morgan fingerprint density at radius 1 is 1.42 bits per heavy atom. The van der Waals surface area contributed by atoms with Crippen LogP contribution in [0.4, 0.5) is 0 Å². The summed E-state index contributed by atoms with van der Waals surface area (Å²) >= 11 is 0. The molecule has 0 bridgehead atoms. The molecule has 0 saturated carbocycles. The van der Waals surface area contributed by atoms with Crippen molar-refractivity contribution in [2.24, 2.45) is 11.7 Å². The Balaban J connectivity index is 0.00000169. The second-order valence-electron chi connectivity index (χ2n) is 6.11. The van der Waals surface area contributed by atoms with Gasteiger partial charge < -0.3 is 16.0 Å². The average Bonchev–Trinajstić information content (AvgIpc) is 2.99. The maximum Gasteiger partial charge on any atom is 0.255 e. The molecule has 1 saturated heterocycles. The van der Waals surface area contributed by atoms with Gasteiger partial charge in [0.05, 0.1) is 11.5 Å². The highest BCUT2D eigenvalue weighted by atomic mass is 35.5. The molecule has 0 spiro atoms. The van der Waals surface area contributed by atoms with E-state index >= 15 is 0 Å². The van der Waals surface area contributed by atoms with Gasteiger partial charge in [-0.2, -0.15) is 5.10 Å². The van der Waals surface area contributed by atoms with E-state index in [2.05, 4.69) is 20.5 Å². The molecule has 1 fully saturated rings. The number of carbonyl (C=O) groups excluding carboxylic acids is 2. The summed E-state index contributed by atoms with van der Waals surface area (Å²) in [4.78, 5) is 30.8. The SMILES string of the molecule is Cc1[nH]nc2ncc(C(=O)N3CCCC(C(=O)NCCN)C3)cc12.Cl.Cl. The fourth-order valence-corrected chi connectivity index (χ4v) is 3.03. The molecule has 1 aliphatic heterocycles. The summed E-state index contributed by atoms with van der Waals surface area (Å²) in [7, 11) is 0. The molecule has 2 amide bonds. The third kappa shape index (κ3) is 4.63. The average molecular weight is 403 g/mol. The van der Waals surface area contributed by atoms with Crippen molar-refractivity contribution in [2.45, 2.75) is 19.8 Å². The number of nitrogens with two attached hydrogens (primary N) is 1. The molecule has 1 unspecified atom stereocenters. The fourth-order valence-electron chi connectivity index (χ4n) is 3.03. The number of rotatable bonds is 4. The van der Waals surface area contributed by atoms with Gasteiger partial charge in [-0.05, 0) is 25.8 Å². The topological polar surface area (TPSA) is 117 Å². The van der Waals surface area contributed by atoms with E-state index in [4.69, 9.17) is 5.73 Å². The molecule has 8 nitrogen and oxygen atoms in total. The van der Waals surface area contributed by atoms with E-state index in [-0.39, 0.29) is 42.5 Å². The fraction of sp³-hybridized carbons (Fsp3) is 0.500. The number of hydrogen-bond acceptors (Lipinski definition) is 5. The first-order chi connectivity index (χ1) is 11.6. The largest absolute Gasteiger partial charge is 0.355 e. The zero-order valence-electron chi connectivity index (χ0n) is 14.5. The number of halogens is 2.